The molecule has 2 heterocycles. The van der Waals surface area contributed by atoms with Gasteiger partial charge >= 0.3 is 6.03 Å². The van der Waals surface area contributed by atoms with Crippen LogP contribution in [0.5, 0.6) is 0 Å². The fraction of sp³-hybridized carbons (Fsp3) is 0.778. The van der Waals surface area contributed by atoms with Crippen molar-refractivity contribution in [1.82, 2.24) is 24.9 Å². The Morgan fingerprint density at radius 1 is 0.933 bits per heavy atom. The second-order valence-electron chi connectivity index (χ2n) is 16.6. The summed E-state index contributed by atoms with van der Waals surface area (Å²) in [6.07, 6.45) is 10.7. The summed E-state index contributed by atoms with van der Waals surface area (Å²) >= 11 is 0. The maximum atomic E-state index is 15.2. The van der Waals surface area contributed by atoms with Gasteiger partial charge in [-0.25, -0.2) is 9.18 Å². The Morgan fingerprint density at radius 3 is 2.33 bits per heavy atom. The molecule has 45 heavy (non-hydrogen) atoms. The van der Waals surface area contributed by atoms with Crippen molar-refractivity contribution in [3.63, 3.8) is 0 Å². The van der Waals surface area contributed by atoms with Gasteiger partial charge < -0.3 is 25.3 Å². The van der Waals surface area contributed by atoms with Crippen molar-refractivity contribution in [3.05, 3.63) is 29.6 Å². The first-order valence-electron chi connectivity index (χ1n) is 17.6. The van der Waals surface area contributed by atoms with Gasteiger partial charge in [-0.2, -0.15) is 0 Å². The lowest BCUT2D eigenvalue weighted by molar-refractivity contribution is -0.132. The third kappa shape index (κ3) is 8.02. The summed E-state index contributed by atoms with van der Waals surface area (Å²) in [6.45, 7) is 13.0. The molecule has 0 aromatic heterocycles. The van der Waals surface area contributed by atoms with E-state index in [1.807, 2.05) is 6.07 Å². The molecular formula is C36H57FN6O2. The van der Waals surface area contributed by atoms with E-state index in [9.17, 15) is 9.59 Å². The van der Waals surface area contributed by atoms with Gasteiger partial charge in [-0.3, -0.25) is 9.69 Å². The average Bonchev–Trinajstić information content (AvgIpc) is 3.17. The molecule has 2 unspecified atom stereocenters. The molecule has 0 spiro atoms. The number of piperidine rings is 1. The van der Waals surface area contributed by atoms with Crippen LogP contribution >= 0.6 is 0 Å². The van der Waals surface area contributed by atoms with Crippen molar-refractivity contribution < 1.29 is 14.0 Å². The summed E-state index contributed by atoms with van der Waals surface area (Å²) in [5, 5.41) is 6.15. The number of hydrogen-bond donors (Lipinski definition) is 2. The van der Waals surface area contributed by atoms with Crippen LogP contribution in [-0.2, 0) is 11.3 Å². The summed E-state index contributed by atoms with van der Waals surface area (Å²) in [5.41, 5.74) is 1.55. The number of halogens is 1. The number of likely N-dealkylation sites (tertiary alicyclic amines) is 1. The van der Waals surface area contributed by atoms with Crippen LogP contribution in [0, 0.1) is 28.5 Å². The molecule has 2 saturated heterocycles. The molecule has 4 bridgehead atoms. The minimum Gasteiger partial charge on any atom is -0.341 e. The van der Waals surface area contributed by atoms with E-state index in [0.29, 0.717) is 41.5 Å². The smallest absolute Gasteiger partial charge is 0.319 e. The number of likely N-dealkylation sites (N-methyl/N-ethyl adjacent to an activating group) is 1. The van der Waals surface area contributed by atoms with E-state index < -0.39 is 5.82 Å². The predicted octanol–water partition coefficient (Wildman–Crippen LogP) is 5.39. The number of rotatable bonds is 9. The highest BCUT2D eigenvalue weighted by molar-refractivity contribution is 5.90. The molecule has 4 saturated carbocycles. The maximum absolute atomic E-state index is 15.2. The van der Waals surface area contributed by atoms with Crippen molar-refractivity contribution >= 4 is 17.6 Å². The molecule has 9 heteroatoms. The van der Waals surface area contributed by atoms with Gasteiger partial charge in [-0.1, -0.05) is 19.9 Å². The molecule has 2 atom stereocenters. The number of carbonyl (C=O) groups excluding carboxylic acids is 2. The predicted molar refractivity (Wildman–Crippen MR) is 178 cm³/mol. The van der Waals surface area contributed by atoms with Crippen molar-refractivity contribution in [1.29, 1.82) is 0 Å². The van der Waals surface area contributed by atoms with Gasteiger partial charge in [0.15, 0.2) is 0 Å². The first-order chi connectivity index (χ1) is 21.4. The number of urea groups is 1. The molecule has 1 aromatic carbocycles. The van der Waals surface area contributed by atoms with Gasteiger partial charge in [0.1, 0.15) is 5.82 Å². The first kappa shape index (κ1) is 32.7. The Balaban J connectivity index is 0.952. The fourth-order valence-electron chi connectivity index (χ4n) is 10.5. The van der Waals surface area contributed by atoms with Crippen LogP contribution in [0.4, 0.5) is 14.9 Å². The van der Waals surface area contributed by atoms with Crippen molar-refractivity contribution in [3.8, 4) is 0 Å². The van der Waals surface area contributed by atoms with Crippen LogP contribution in [-0.4, -0.2) is 104 Å². The highest BCUT2D eigenvalue weighted by atomic mass is 19.1. The number of benzene rings is 1. The minimum atomic E-state index is -0.397. The van der Waals surface area contributed by atoms with E-state index in [4.69, 9.17) is 0 Å². The zero-order chi connectivity index (χ0) is 31.8. The lowest BCUT2D eigenvalue weighted by Crippen LogP contribution is -2.65. The van der Waals surface area contributed by atoms with Gasteiger partial charge in [0.25, 0.3) is 0 Å². The van der Waals surface area contributed by atoms with Gasteiger partial charge in [0, 0.05) is 57.8 Å². The SMILES string of the molecule is CN(C)CCN1CCC(CC(=O)N2CCCN(Cc3ccc(NC(=O)NC45CC6CC(C)(CC(C)(C6)C4)C5)c(F)c3)CC2)CC1. The van der Waals surface area contributed by atoms with E-state index in [2.05, 4.69) is 58.2 Å². The molecule has 1 aromatic rings. The summed E-state index contributed by atoms with van der Waals surface area (Å²) in [5.74, 6) is 1.06. The average molecular weight is 625 g/mol. The molecule has 4 aliphatic carbocycles. The van der Waals surface area contributed by atoms with Crippen LogP contribution in [0.3, 0.4) is 0 Å². The van der Waals surface area contributed by atoms with Crippen LogP contribution < -0.4 is 10.6 Å². The Bertz CT molecular complexity index is 1210. The molecule has 6 fully saturated rings. The summed E-state index contributed by atoms with van der Waals surface area (Å²) in [7, 11) is 4.23. The van der Waals surface area contributed by atoms with Gasteiger partial charge in [0.2, 0.25) is 5.91 Å². The maximum Gasteiger partial charge on any atom is 0.319 e. The monoisotopic (exact) mass is 624 g/mol. The third-order valence-electron chi connectivity index (χ3n) is 11.7. The normalized spacial score (nSPS) is 32.6. The number of nitrogens with zero attached hydrogens (tertiary/aromatic N) is 4. The number of carbonyl (C=O) groups is 2. The fourth-order valence-corrected chi connectivity index (χ4v) is 10.5. The van der Waals surface area contributed by atoms with Crippen LogP contribution in [0.25, 0.3) is 0 Å². The zero-order valence-corrected chi connectivity index (χ0v) is 28.3. The summed E-state index contributed by atoms with van der Waals surface area (Å²) in [4.78, 5) is 35.4. The third-order valence-corrected chi connectivity index (χ3v) is 11.7. The van der Waals surface area contributed by atoms with Gasteiger partial charge in [-0.05, 0) is 125 Å². The van der Waals surface area contributed by atoms with Crippen LogP contribution in [0.1, 0.15) is 83.6 Å². The molecule has 8 nitrogen and oxygen atoms in total. The van der Waals surface area contributed by atoms with E-state index >= 15 is 4.39 Å². The molecule has 0 radical (unpaired) electrons. The molecule has 3 amide bonds. The lowest BCUT2D eigenvalue weighted by atomic mass is 9.43. The highest BCUT2D eigenvalue weighted by Crippen LogP contribution is 2.66. The number of amides is 3. The Labute approximate surface area is 270 Å². The Hall–Kier alpha value is -2.23. The second-order valence-corrected chi connectivity index (χ2v) is 16.6. The topological polar surface area (TPSA) is 71.2 Å². The van der Waals surface area contributed by atoms with Crippen molar-refractivity contribution in [2.75, 3.05) is 71.8 Å². The van der Waals surface area contributed by atoms with Crippen molar-refractivity contribution in [2.24, 2.45) is 22.7 Å². The first-order valence-corrected chi connectivity index (χ1v) is 17.6. The molecule has 7 rings (SSSR count). The Morgan fingerprint density at radius 2 is 1.67 bits per heavy atom. The highest BCUT2D eigenvalue weighted by Gasteiger charge is 2.60. The molecule has 250 valence electrons. The van der Waals surface area contributed by atoms with Gasteiger partial charge in [-0.15, -0.1) is 0 Å². The van der Waals surface area contributed by atoms with E-state index in [-0.39, 0.29) is 17.3 Å². The zero-order valence-electron chi connectivity index (χ0n) is 28.3. The molecule has 2 N–H and O–H groups in total. The summed E-state index contributed by atoms with van der Waals surface area (Å²) in [6, 6.07) is 4.89. The Kier molecular flexibility index (Phi) is 9.53. The number of anilines is 1. The van der Waals surface area contributed by atoms with E-state index in [0.717, 1.165) is 96.4 Å². The molecule has 2 aliphatic heterocycles. The van der Waals surface area contributed by atoms with Crippen molar-refractivity contribution in [2.45, 2.75) is 90.1 Å². The number of hydrogen-bond acceptors (Lipinski definition) is 5. The summed E-state index contributed by atoms with van der Waals surface area (Å²) < 4.78 is 15.2. The standard InChI is InChI=1S/C36H57FN6O2/c1-34-20-29-21-35(2,24-34)26-36(22-29,25-34)39-33(45)38-31-7-6-28(18-30(31)37)23-42-10-5-11-43(17-16-42)32(44)19-27-8-12-41(13-9-27)15-14-40(3)4/h6-7,18,27,29H,5,8-17,19-26H2,1-4H3,(H2,38,39,45). The van der Waals surface area contributed by atoms with E-state index in [1.165, 1.54) is 19.3 Å². The molecule has 6 aliphatic rings. The molecular weight excluding hydrogens is 567 g/mol. The van der Waals surface area contributed by atoms with E-state index in [1.54, 1.807) is 12.1 Å². The second kappa shape index (κ2) is 13.1. The van der Waals surface area contributed by atoms with Crippen LogP contribution in [0.15, 0.2) is 18.2 Å². The van der Waals surface area contributed by atoms with Crippen LogP contribution in [0.2, 0.25) is 0 Å². The van der Waals surface area contributed by atoms with Gasteiger partial charge in [0.05, 0.1) is 5.69 Å². The minimum absolute atomic E-state index is 0.172. The lowest BCUT2D eigenvalue weighted by Gasteiger charge is -2.65. The number of nitrogens with one attached hydrogen (secondary N) is 2. The quantitative estimate of drug-likeness (QED) is 0.386. The largest absolute Gasteiger partial charge is 0.341 e.